The van der Waals surface area contributed by atoms with E-state index in [2.05, 4.69) is 39.5 Å². The molecule has 0 bridgehead atoms. The molecule has 4 heteroatoms. The van der Waals surface area contributed by atoms with Gasteiger partial charge in [0.15, 0.2) is 0 Å². The predicted octanol–water partition coefficient (Wildman–Crippen LogP) is 3.69. The van der Waals surface area contributed by atoms with Gasteiger partial charge in [0.25, 0.3) is 0 Å². The number of aromatic nitrogens is 1. The second kappa shape index (κ2) is 6.27. The van der Waals surface area contributed by atoms with Gasteiger partial charge in [-0.1, -0.05) is 49.2 Å². The van der Waals surface area contributed by atoms with Gasteiger partial charge in [0.2, 0.25) is 0 Å². The summed E-state index contributed by atoms with van der Waals surface area (Å²) in [5, 5.41) is 3.05. The molecule has 4 rings (SSSR count). The molecule has 2 atom stereocenters. The third-order valence-electron chi connectivity index (χ3n) is 5.59. The third kappa shape index (κ3) is 2.46. The van der Waals surface area contributed by atoms with E-state index in [0.29, 0.717) is 12.5 Å². The Hall–Kier alpha value is -2.36. The van der Waals surface area contributed by atoms with Gasteiger partial charge in [-0.2, -0.15) is 0 Å². The highest BCUT2D eigenvalue weighted by Gasteiger charge is 2.56. The minimum atomic E-state index is -0.103. The van der Waals surface area contributed by atoms with Crippen LogP contribution in [-0.4, -0.2) is 22.5 Å². The van der Waals surface area contributed by atoms with Crippen LogP contribution in [-0.2, 0) is 12.1 Å². The number of hydrogen-bond acceptors (Lipinski definition) is 2. The summed E-state index contributed by atoms with van der Waals surface area (Å²) in [7, 11) is 0. The van der Waals surface area contributed by atoms with Crippen LogP contribution in [0.1, 0.15) is 36.9 Å². The monoisotopic (exact) mass is 321 g/mol. The van der Waals surface area contributed by atoms with Crippen LogP contribution in [0.25, 0.3) is 0 Å². The Morgan fingerprint density at radius 2 is 2.00 bits per heavy atom. The summed E-state index contributed by atoms with van der Waals surface area (Å²) in [5.41, 5.74) is 2.07. The quantitative estimate of drug-likeness (QED) is 0.937. The summed E-state index contributed by atoms with van der Waals surface area (Å²) in [5.74, 6) is 0.592. The van der Waals surface area contributed by atoms with Crippen molar-refractivity contribution >= 4 is 6.03 Å². The first-order chi connectivity index (χ1) is 11.8. The van der Waals surface area contributed by atoms with Crippen molar-refractivity contribution in [2.24, 2.45) is 5.92 Å². The fraction of sp³-hybridized carbons (Fsp3) is 0.400. The predicted molar refractivity (Wildman–Crippen MR) is 93.3 cm³/mol. The first-order valence-electron chi connectivity index (χ1n) is 8.81. The van der Waals surface area contributed by atoms with Crippen LogP contribution in [0.4, 0.5) is 4.79 Å². The molecule has 1 aromatic heterocycles. The fourth-order valence-corrected chi connectivity index (χ4v) is 4.39. The van der Waals surface area contributed by atoms with Gasteiger partial charge in [-0.3, -0.25) is 4.98 Å². The Kier molecular flexibility index (Phi) is 3.97. The van der Waals surface area contributed by atoms with Crippen LogP contribution in [0.15, 0.2) is 54.7 Å². The van der Waals surface area contributed by atoms with Crippen molar-refractivity contribution in [2.45, 2.75) is 37.8 Å². The Labute approximate surface area is 142 Å². The molecule has 2 aliphatic rings. The van der Waals surface area contributed by atoms with Gasteiger partial charge in [-0.05, 0) is 30.5 Å². The van der Waals surface area contributed by atoms with Crippen molar-refractivity contribution in [1.29, 1.82) is 0 Å². The molecular weight excluding hydrogens is 298 g/mol. The highest BCUT2D eigenvalue weighted by atomic mass is 16.2. The largest absolute Gasteiger partial charge is 0.332 e. The average Bonchev–Trinajstić information content (AvgIpc) is 2.63. The van der Waals surface area contributed by atoms with Crippen molar-refractivity contribution in [3.63, 3.8) is 0 Å². The number of likely N-dealkylation sites (tertiary alicyclic amines) is 1. The summed E-state index contributed by atoms with van der Waals surface area (Å²) in [6.45, 7) is 1.34. The van der Waals surface area contributed by atoms with E-state index in [1.165, 1.54) is 24.8 Å². The van der Waals surface area contributed by atoms with Crippen LogP contribution < -0.4 is 5.32 Å². The molecule has 1 saturated heterocycles. The zero-order valence-electron chi connectivity index (χ0n) is 13.8. The zero-order valence-corrected chi connectivity index (χ0v) is 13.8. The van der Waals surface area contributed by atoms with E-state index in [9.17, 15) is 4.79 Å². The summed E-state index contributed by atoms with van der Waals surface area (Å²) < 4.78 is 0. The van der Waals surface area contributed by atoms with Crippen molar-refractivity contribution in [3.05, 3.63) is 66.0 Å². The van der Waals surface area contributed by atoms with E-state index < -0.39 is 0 Å². The standard InChI is InChI=1S/C20H23N3O/c24-19(22-14-18-11-5-7-13-21-18)23-15-17-10-4-6-12-20(17,23)16-8-2-1-3-9-16/h1-3,5,7-9,11,13,17H,4,6,10,12,14-15H2,(H,22,24)/t17-,20+/m0/s1. The van der Waals surface area contributed by atoms with Gasteiger partial charge in [0.05, 0.1) is 17.8 Å². The number of benzene rings is 1. The fourth-order valence-electron chi connectivity index (χ4n) is 4.39. The first kappa shape index (κ1) is 15.2. The number of carbonyl (C=O) groups excluding carboxylic acids is 1. The Morgan fingerprint density at radius 3 is 2.75 bits per heavy atom. The van der Waals surface area contributed by atoms with E-state index in [0.717, 1.165) is 18.7 Å². The summed E-state index contributed by atoms with van der Waals surface area (Å²) in [4.78, 5) is 19.1. The van der Waals surface area contributed by atoms with Crippen molar-refractivity contribution in [3.8, 4) is 0 Å². The van der Waals surface area contributed by atoms with Gasteiger partial charge in [0, 0.05) is 18.7 Å². The Morgan fingerprint density at radius 1 is 1.17 bits per heavy atom. The number of rotatable bonds is 3. The maximum Gasteiger partial charge on any atom is 0.318 e. The van der Waals surface area contributed by atoms with E-state index in [1.807, 2.05) is 24.3 Å². The minimum absolute atomic E-state index is 0.0302. The van der Waals surface area contributed by atoms with Crippen molar-refractivity contribution in [1.82, 2.24) is 15.2 Å². The molecular formula is C20H23N3O. The number of nitrogens with one attached hydrogen (secondary N) is 1. The number of amides is 2. The lowest BCUT2D eigenvalue weighted by atomic mass is 9.62. The minimum Gasteiger partial charge on any atom is -0.332 e. The van der Waals surface area contributed by atoms with E-state index >= 15 is 0 Å². The molecule has 124 valence electrons. The molecule has 4 nitrogen and oxygen atoms in total. The van der Waals surface area contributed by atoms with Crippen molar-refractivity contribution < 1.29 is 4.79 Å². The van der Waals surface area contributed by atoms with Gasteiger partial charge in [-0.15, -0.1) is 0 Å². The van der Waals surface area contributed by atoms with Gasteiger partial charge < -0.3 is 10.2 Å². The molecule has 1 aromatic carbocycles. The average molecular weight is 321 g/mol. The lowest BCUT2D eigenvalue weighted by molar-refractivity contribution is -0.0794. The Bertz CT molecular complexity index is 703. The summed E-state index contributed by atoms with van der Waals surface area (Å²) in [6, 6.07) is 16.4. The van der Waals surface area contributed by atoms with E-state index in [1.54, 1.807) is 6.20 Å². The summed E-state index contributed by atoms with van der Waals surface area (Å²) in [6.07, 6.45) is 6.52. The van der Waals surface area contributed by atoms with Gasteiger partial charge in [0.1, 0.15) is 0 Å². The zero-order chi connectivity index (χ0) is 16.4. The van der Waals surface area contributed by atoms with Crippen LogP contribution >= 0.6 is 0 Å². The Balaban J connectivity index is 1.53. The molecule has 2 amide bonds. The lowest BCUT2D eigenvalue weighted by Gasteiger charge is -2.61. The smallest absolute Gasteiger partial charge is 0.318 e. The number of nitrogens with zero attached hydrogens (tertiary/aromatic N) is 2. The SMILES string of the molecule is O=C(NCc1ccccn1)N1C[C@@H]2CCCC[C@@]21c1ccccc1. The maximum atomic E-state index is 12.8. The molecule has 1 N–H and O–H groups in total. The highest BCUT2D eigenvalue weighted by Crippen LogP contribution is 2.53. The normalized spacial score (nSPS) is 25.5. The van der Waals surface area contributed by atoms with E-state index in [-0.39, 0.29) is 11.6 Å². The number of fused-ring (bicyclic) bond motifs is 1. The van der Waals surface area contributed by atoms with Gasteiger partial charge >= 0.3 is 6.03 Å². The molecule has 1 aliphatic carbocycles. The molecule has 1 saturated carbocycles. The van der Waals surface area contributed by atoms with Crippen LogP contribution in [0.5, 0.6) is 0 Å². The molecule has 24 heavy (non-hydrogen) atoms. The van der Waals surface area contributed by atoms with E-state index in [4.69, 9.17) is 0 Å². The third-order valence-corrected chi connectivity index (χ3v) is 5.59. The number of pyridine rings is 1. The van der Waals surface area contributed by atoms with Crippen LogP contribution in [0.3, 0.4) is 0 Å². The molecule has 0 unspecified atom stereocenters. The maximum absolute atomic E-state index is 12.8. The lowest BCUT2D eigenvalue weighted by Crippen LogP contribution is -2.69. The summed E-state index contributed by atoms with van der Waals surface area (Å²) >= 11 is 0. The number of hydrogen-bond donors (Lipinski definition) is 1. The van der Waals surface area contributed by atoms with Crippen LogP contribution in [0.2, 0.25) is 0 Å². The second-order valence-electron chi connectivity index (χ2n) is 6.82. The molecule has 0 radical (unpaired) electrons. The topological polar surface area (TPSA) is 45.2 Å². The van der Waals surface area contributed by atoms with Crippen LogP contribution in [0, 0.1) is 5.92 Å². The van der Waals surface area contributed by atoms with Crippen molar-refractivity contribution in [2.75, 3.05) is 6.54 Å². The van der Waals surface area contributed by atoms with Gasteiger partial charge in [-0.25, -0.2) is 4.79 Å². The molecule has 1 aliphatic heterocycles. The molecule has 2 fully saturated rings. The molecule has 2 heterocycles. The molecule has 0 spiro atoms. The number of carbonyl (C=O) groups is 1. The highest BCUT2D eigenvalue weighted by molar-refractivity contribution is 5.77. The first-order valence-corrected chi connectivity index (χ1v) is 8.81. The second-order valence-corrected chi connectivity index (χ2v) is 6.82. The molecule has 2 aromatic rings. The number of urea groups is 1.